The maximum atomic E-state index is 11.3. The van der Waals surface area contributed by atoms with Crippen LogP contribution in [0, 0.1) is 0 Å². The molecule has 0 saturated heterocycles. The molecule has 1 heterocycles. The maximum Gasteiger partial charge on any atom is 0.152 e. The van der Waals surface area contributed by atoms with Crippen LogP contribution < -0.4 is 4.74 Å². The van der Waals surface area contributed by atoms with Gasteiger partial charge in [0.05, 0.1) is 13.7 Å². The van der Waals surface area contributed by atoms with Crippen molar-refractivity contribution in [2.45, 2.75) is 6.54 Å². The van der Waals surface area contributed by atoms with E-state index in [1.807, 2.05) is 28.8 Å². The van der Waals surface area contributed by atoms with Crippen molar-refractivity contribution in [1.82, 2.24) is 4.57 Å². The van der Waals surface area contributed by atoms with Crippen molar-refractivity contribution in [2.75, 3.05) is 7.11 Å². The standard InChI is InChI=1S/C17H13Cl2NO2/c1-22-12-5-6-17-13(7-12)11(10-21)8-20(17)9-14-15(18)3-2-4-16(14)19/h2-8,10H,9H2,1H3. The summed E-state index contributed by atoms with van der Waals surface area (Å²) in [6.07, 6.45) is 2.64. The zero-order chi connectivity index (χ0) is 15.7. The molecule has 0 radical (unpaired) electrons. The van der Waals surface area contributed by atoms with Gasteiger partial charge in [0.1, 0.15) is 5.75 Å². The highest BCUT2D eigenvalue weighted by Gasteiger charge is 2.12. The van der Waals surface area contributed by atoms with Gasteiger partial charge in [-0.15, -0.1) is 0 Å². The molecule has 5 heteroatoms. The van der Waals surface area contributed by atoms with Gasteiger partial charge in [0, 0.05) is 38.3 Å². The van der Waals surface area contributed by atoms with Crippen molar-refractivity contribution in [3.8, 4) is 5.75 Å². The Kier molecular flexibility index (Phi) is 4.10. The van der Waals surface area contributed by atoms with Crippen LogP contribution in [0.4, 0.5) is 0 Å². The highest BCUT2D eigenvalue weighted by Crippen LogP contribution is 2.29. The quantitative estimate of drug-likeness (QED) is 0.641. The van der Waals surface area contributed by atoms with E-state index in [0.717, 1.165) is 22.8 Å². The van der Waals surface area contributed by atoms with Crippen LogP contribution >= 0.6 is 23.2 Å². The fraction of sp³-hybridized carbons (Fsp3) is 0.118. The minimum atomic E-state index is 0.495. The highest BCUT2D eigenvalue weighted by molar-refractivity contribution is 6.36. The van der Waals surface area contributed by atoms with Crippen LogP contribution in [0.15, 0.2) is 42.6 Å². The second kappa shape index (κ2) is 6.03. The molecule has 0 unspecified atom stereocenters. The summed E-state index contributed by atoms with van der Waals surface area (Å²) in [5.74, 6) is 0.712. The number of rotatable bonds is 4. The minimum absolute atomic E-state index is 0.495. The Morgan fingerprint density at radius 1 is 1.18 bits per heavy atom. The summed E-state index contributed by atoms with van der Waals surface area (Å²) in [6.45, 7) is 0.495. The van der Waals surface area contributed by atoms with E-state index in [1.165, 1.54) is 0 Å². The summed E-state index contributed by atoms with van der Waals surface area (Å²) < 4.78 is 7.18. The van der Waals surface area contributed by atoms with Gasteiger partial charge in [-0.05, 0) is 30.3 Å². The fourth-order valence-electron chi connectivity index (χ4n) is 2.51. The van der Waals surface area contributed by atoms with E-state index < -0.39 is 0 Å². The van der Waals surface area contributed by atoms with Crippen molar-refractivity contribution in [3.05, 3.63) is 63.8 Å². The molecule has 0 aliphatic carbocycles. The van der Waals surface area contributed by atoms with Gasteiger partial charge in [0.15, 0.2) is 6.29 Å². The highest BCUT2D eigenvalue weighted by atomic mass is 35.5. The first-order valence-electron chi connectivity index (χ1n) is 6.69. The molecule has 3 nitrogen and oxygen atoms in total. The number of aromatic nitrogens is 1. The van der Waals surface area contributed by atoms with E-state index in [1.54, 1.807) is 25.4 Å². The molecule has 0 aliphatic rings. The zero-order valence-corrected chi connectivity index (χ0v) is 13.4. The van der Waals surface area contributed by atoms with Gasteiger partial charge in [-0.2, -0.15) is 0 Å². The number of benzene rings is 2. The largest absolute Gasteiger partial charge is 0.497 e. The Bertz CT molecular complexity index is 835. The number of hydrogen-bond acceptors (Lipinski definition) is 2. The van der Waals surface area contributed by atoms with Gasteiger partial charge in [-0.25, -0.2) is 0 Å². The second-order valence-electron chi connectivity index (χ2n) is 4.91. The molecule has 0 fully saturated rings. The van der Waals surface area contributed by atoms with Crippen LogP contribution in [0.3, 0.4) is 0 Å². The average Bonchev–Trinajstić information content (AvgIpc) is 2.88. The lowest BCUT2D eigenvalue weighted by atomic mass is 10.2. The molecule has 0 aliphatic heterocycles. The van der Waals surface area contributed by atoms with Crippen molar-refractivity contribution in [1.29, 1.82) is 0 Å². The Morgan fingerprint density at radius 2 is 1.91 bits per heavy atom. The van der Waals surface area contributed by atoms with E-state index in [4.69, 9.17) is 27.9 Å². The van der Waals surface area contributed by atoms with Gasteiger partial charge >= 0.3 is 0 Å². The van der Waals surface area contributed by atoms with Crippen molar-refractivity contribution < 1.29 is 9.53 Å². The number of hydrogen-bond donors (Lipinski definition) is 0. The third-order valence-electron chi connectivity index (χ3n) is 3.64. The van der Waals surface area contributed by atoms with Crippen LogP contribution in [-0.2, 0) is 6.54 Å². The van der Waals surface area contributed by atoms with Crippen LogP contribution in [-0.4, -0.2) is 18.0 Å². The van der Waals surface area contributed by atoms with Crippen LogP contribution in [0.25, 0.3) is 10.9 Å². The first-order valence-corrected chi connectivity index (χ1v) is 7.44. The van der Waals surface area contributed by atoms with E-state index in [2.05, 4.69) is 0 Å². The van der Waals surface area contributed by atoms with Gasteiger partial charge in [0.25, 0.3) is 0 Å². The molecule has 112 valence electrons. The second-order valence-corrected chi connectivity index (χ2v) is 5.73. The summed E-state index contributed by atoms with van der Waals surface area (Å²) in [6, 6.07) is 11.1. The first-order chi connectivity index (χ1) is 10.6. The van der Waals surface area contributed by atoms with Gasteiger partial charge in [0.2, 0.25) is 0 Å². The van der Waals surface area contributed by atoms with Crippen LogP contribution in [0.2, 0.25) is 10.0 Å². The van der Waals surface area contributed by atoms with E-state index >= 15 is 0 Å². The SMILES string of the molecule is COc1ccc2c(c1)c(C=O)cn2Cc1c(Cl)cccc1Cl. The molecule has 1 aromatic heterocycles. The minimum Gasteiger partial charge on any atom is -0.497 e. The molecule has 3 rings (SSSR count). The molecule has 0 bridgehead atoms. The Labute approximate surface area is 138 Å². The molecular formula is C17H13Cl2NO2. The average molecular weight is 334 g/mol. The van der Waals surface area contributed by atoms with Crippen LogP contribution in [0.5, 0.6) is 5.75 Å². The van der Waals surface area contributed by atoms with Gasteiger partial charge in [-0.1, -0.05) is 29.3 Å². The Balaban J connectivity index is 2.13. The predicted molar refractivity (Wildman–Crippen MR) is 89.4 cm³/mol. The normalized spacial score (nSPS) is 10.9. The molecule has 2 aromatic carbocycles. The van der Waals surface area contributed by atoms with Gasteiger partial charge in [-0.3, -0.25) is 4.79 Å². The summed E-state index contributed by atoms with van der Waals surface area (Å²) in [5, 5.41) is 2.06. The maximum absolute atomic E-state index is 11.3. The molecule has 22 heavy (non-hydrogen) atoms. The van der Waals surface area contributed by atoms with E-state index in [-0.39, 0.29) is 0 Å². The molecule has 0 spiro atoms. The summed E-state index contributed by atoms with van der Waals surface area (Å²) in [4.78, 5) is 11.3. The summed E-state index contributed by atoms with van der Waals surface area (Å²) in [7, 11) is 1.60. The first kappa shape index (κ1) is 14.9. The predicted octanol–water partition coefficient (Wildman–Crippen LogP) is 4.82. The number of nitrogens with zero attached hydrogens (tertiary/aromatic N) is 1. The number of methoxy groups -OCH3 is 1. The van der Waals surface area contributed by atoms with Crippen LogP contribution in [0.1, 0.15) is 15.9 Å². The molecule has 3 aromatic rings. The van der Waals surface area contributed by atoms with Crippen molar-refractivity contribution in [3.63, 3.8) is 0 Å². The number of aldehydes is 1. The molecule has 0 N–H and O–H groups in total. The zero-order valence-electron chi connectivity index (χ0n) is 11.8. The third-order valence-corrected chi connectivity index (χ3v) is 4.34. The number of carbonyl (C=O) groups is 1. The number of halogens is 2. The number of ether oxygens (including phenoxy) is 1. The smallest absolute Gasteiger partial charge is 0.152 e. The molecule has 0 amide bonds. The Morgan fingerprint density at radius 3 is 2.55 bits per heavy atom. The molecular weight excluding hydrogens is 321 g/mol. The number of carbonyl (C=O) groups excluding carboxylic acids is 1. The fourth-order valence-corrected chi connectivity index (χ4v) is 3.03. The lowest BCUT2D eigenvalue weighted by Crippen LogP contribution is -1.99. The summed E-state index contributed by atoms with van der Waals surface area (Å²) in [5.41, 5.74) is 2.37. The number of fused-ring (bicyclic) bond motifs is 1. The summed E-state index contributed by atoms with van der Waals surface area (Å²) >= 11 is 12.5. The monoisotopic (exact) mass is 333 g/mol. The topological polar surface area (TPSA) is 31.2 Å². The lowest BCUT2D eigenvalue weighted by molar-refractivity contribution is 0.112. The van der Waals surface area contributed by atoms with Crippen molar-refractivity contribution >= 4 is 40.4 Å². The van der Waals surface area contributed by atoms with E-state index in [9.17, 15) is 4.79 Å². The lowest BCUT2D eigenvalue weighted by Gasteiger charge is -2.09. The van der Waals surface area contributed by atoms with E-state index in [0.29, 0.717) is 27.9 Å². The van der Waals surface area contributed by atoms with Gasteiger partial charge < -0.3 is 9.30 Å². The third kappa shape index (κ3) is 2.58. The molecule has 0 saturated carbocycles. The van der Waals surface area contributed by atoms with Crippen molar-refractivity contribution in [2.24, 2.45) is 0 Å². The Hall–Kier alpha value is -1.97. The molecule has 0 atom stereocenters.